The van der Waals surface area contributed by atoms with Crippen molar-refractivity contribution in [2.45, 2.75) is 26.2 Å². The van der Waals surface area contributed by atoms with E-state index in [0.29, 0.717) is 5.41 Å². The van der Waals surface area contributed by atoms with Gasteiger partial charge < -0.3 is 9.64 Å². The maximum atomic E-state index is 5.53. The summed E-state index contributed by atoms with van der Waals surface area (Å²) in [7, 11) is 0. The molecule has 2 aliphatic heterocycles. The van der Waals surface area contributed by atoms with Crippen LogP contribution >= 0.6 is 0 Å². The van der Waals surface area contributed by atoms with Crippen LogP contribution in [0, 0.1) is 5.41 Å². The Morgan fingerprint density at radius 2 is 2.25 bits per heavy atom. The number of ether oxygens (including phenoxy) is 1. The van der Waals surface area contributed by atoms with Gasteiger partial charge in [-0.3, -0.25) is 0 Å². The van der Waals surface area contributed by atoms with Crippen LogP contribution in [0.5, 0.6) is 0 Å². The molecule has 2 heteroatoms. The lowest BCUT2D eigenvalue weighted by Crippen LogP contribution is -2.59. The third-order valence-electron chi connectivity index (χ3n) is 3.06. The Bertz CT molecular complexity index is 144. The van der Waals surface area contributed by atoms with Crippen LogP contribution in [0.15, 0.2) is 0 Å². The topological polar surface area (TPSA) is 12.5 Å². The molecule has 0 bridgehead atoms. The first-order valence-electron chi connectivity index (χ1n) is 5.15. The Morgan fingerprint density at radius 1 is 1.42 bits per heavy atom. The molecule has 0 radical (unpaired) electrons. The van der Waals surface area contributed by atoms with Crippen LogP contribution in [-0.4, -0.2) is 37.7 Å². The van der Waals surface area contributed by atoms with Crippen LogP contribution in [0.25, 0.3) is 0 Å². The molecular weight excluding hydrogens is 150 g/mol. The summed E-state index contributed by atoms with van der Waals surface area (Å²) in [6, 6.07) is 0. The minimum atomic E-state index is 0.577. The van der Waals surface area contributed by atoms with Gasteiger partial charge in [-0.05, 0) is 25.8 Å². The van der Waals surface area contributed by atoms with Gasteiger partial charge in [0.1, 0.15) is 0 Å². The predicted octanol–water partition coefficient (Wildman–Crippen LogP) is 1.51. The van der Waals surface area contributed by atoms with Gasteiger partial charge in [0.2, 0.25) is 0 Å². The number of hydrogen-bond donors (Lipinski definition) is 0. The SMILES string of the molecule is CCCN1CC2(CCCOC2)C1. The van der Waals surface area contributed by atoms with E-state index in [4.69, 9.17) is 4.74 Å². The Labute approximate surface area is 74.9 Å². The monoisotopic (exact) mass is 169 g/mol. The van der Waals surface area contributed by atoms with E-state index in [-0.39, 0.29) is 0 Å². The Kier molecular flexibility index (Phi) is 2.37. The summed E-state index contributed by atoms with van der Waals surface area (Å²) in [6.45, 7) is 8.13. The van der Waals surface area contributed by atoms with E-state index in [2.05, 4.69) is 11.8 Å². The molecule has 0 aliphatic carbocycles. The average molecular weight is 169 g/mol. The second kappa shape index (κ2) is 3.35. The molecule has 2 aliphatic rings. The lowest BCUT2D eigenvalue weighted by molar-refractivity contribution is -0.100. The average Bonchev–Trinajstić information content (AvgIpc) is 2.04. The lowest BCUT2D eigenvalue weighted by Gasteiger charge is -2.52. The highest BCUT2D eigenvalue weighted by Crippen LogP contribution is 2.37. The molecule has 0 aromatic carbocycles. The molecule has 0 atom stereocenters. The minimum absolute atomic E-state index is 0.577. The summed E-state index contributed by atoms with van der Waals surface area (Å²) < 4.78 is 5.53. The van der Waals surface area contributed by atoms with Crippen LogP contribution in [0.3, 0.4) is 0 Å². The number of rotatable bonds is 2. The summed E-state index contributed by atoms with van der Waals surface area (Å²) in [5.41, 5.74) is 0.577. The molecule has 0 saturated carbocycles. The van der Waals surface area contributed by atoms with Crippen molar-refractivity contribution in [3.8, 4) is 0 Å². The molecule has 2 fully saturated rings. The van der Waals surface area contributed by atoms with Crippen molar-refractivity contribution in [1.29, 1.82) is 0 Å². The fourth-order valence-corrected chi connectivity index (χ4v) is 2.54. The molecule has 0 aromatic rings. The van der Waals surface area contributed by atoms with E-state index in [9.17, 15) is 0 Å². The standard InChI is InChI=1S/C10H19NO/c1-2-5-11-7-10(8-11)4-3-6-12-9-10/h2-9H2,1H3. The Balaban J connectivity index is 1.77. The van der Waals surface area contributed by atoms with Gasteiger partial charge in [-0.2, -0.15) is 0 Å². The molecule has 0 unspecified atom stereocenters. The molecule has 2 rings (SSSR count). The van der Waals surface area contributed by atoms with E-state index in [1.165, 1.54) is 38.9 Å². The zero-order chi connectivity index (χ0) is 8.44. The van der Waals surface area contributed by atoms with E-state index >= 15 is 0 Å². The minimum Gasteiger partial charge on any atom is -0.381 e. The zero-order valence-electron chi connectivity index (χ0n) is 8.01. The van der Waals surface area contributed by atoms with Gasteiger partial charge in [0, 0.05) is 25.1 Å². The van der Waals surface area contributed by atoms with Crippen LogP contribution in [-0.2, 0) is 4.74 Å². The second-order valence-corrected chi connectivity index (χ2v) is 4.37. The van der Waals surface area contributed by atoms with E-state index in [0.717, 1.165) is 13.2 Å². The molecule has 1 spiro atoms. The summed E-state index contributed by atoms with van der Waals surface area (Å²) in [5.74, 6) is 0. The molecular formula is C10H19NO. The van der Waals surface area contributed by atoms with E-state index in [1.807, 2.05) is 0 Å². The fourth-order valence-electron chi connectivity index (χ4n) is 2.54. The maximum absolute atomic E-state index is 5.53. The summed E-state index contributed by atoms with van der Waals surface area (Å²) in [5, 5.41) is 0. The molecule has 12 heavy (non-hydrogen) atoms. The highest BCUT2D eigenvalue weighted by Gasteiger charge is 2.43. The first kappa shape index (κ1) is 8.52. The number of likely N-dealkylation sites (tertiary alicyclic amines) is 1. The fraction of sp³-hybridized carbons (Fsp3) is 1.00. The van der Waals surface area contributed by atoms with Gasteiger partial charge in [-0.15, -0.1) is 0 Å². The van der Waals surface area contributed by atoms with Crippen molar-refractivity contribution in [1.82, 2.24) is 4.90 Å². The normalized spacial score (nSPS) is 28.8. The van der Waals surface area contributed by atoms with Crippen molar-refractivity contribution in [2.24, 2.45) is 5.41 Å². The Morgan fingerprint density at radius 3 is 2.83 bits per heavy atom. The van der Waals surface area contributed by atoms with Gasteiger partial charge in [0.05, 0.1) is 6.61 Å². The zero-order valence-corrected chi connectivity index (χ0v) is 8.01. The van der Waals surface area contributed by atoms with Gasteiger partial charge >= 0.3 is 0 Å². The first-order valence-corrected chi connectivity index (χ1v) is 5.15. The van der Waals surface area contributed by atoms with Gasteiger partial charge in [0.25, 0.3) is 0 Å². The van der Waals surface area contributed by atoms with Gasteiger partial charge in [-0.1, -0.05) is 6.92 Å². The molecule has 0 N–H and O–H groups in total. The van der Waals surface area contributed by atoms with Crippen molar-refractivity contribution < 1.29 is 4.74 Å². The summed E-state index contributed by atoms with van der Waals surface area (Å²) in [4.78, 5) is 2.55. The predicted molar refractivity (Wildman–Crippen MR) is 49.2 cm³/mol. The van der Waals surface area contributed by atoms with Gasteiger partial charge in [-0.25, -0.2) is 0 Å². The van der Waals surface area contributed by atoms with Crippen LogP contribution in [0.2, 0.25) is 0 Å². The molecule has 0 aromatic heterocycles. The summed E-state index contributed by atoms with van der Waals surface area (Å²) >= 11 is 0. The smallest absolute Gasteiger partial charge is 0.0547 e. The summed E-state index contributed by atoms with van der Waals surface area (Å²) in [6.07, 6.45) is 3.96. The largest absolute Gasteiger partial charge is 0.381 e. The quantitative estimate of drug-likeness (QED) is 0.621. The highest BCUT2D eigenvalue weighted by atomic mass is 16.5. The molecule has 0 amide bonds. The van der Waals surface area contributed by atoms with Crippen molar-refractivity contribution in [3.63, 3.8) is 0 Å². The van der Waals surface area contributed by atoms with Crippen LogP contribution < -0.4 is 0 Å². The first-order chi connectivity index (χ1) is 5.85. The van der Waals surface area contributed by atoms with Crippen LogP contribution in [0.4, 0.5) is 0 Å². The van der Waals surface area contributed by atoms with E-state index in [1.54, 1.807) is 0 Å². The molecule has 2 saturated heterocycles. The lowest BCUT2D eigenvalue weighted by atomic mass is 9.75. The molecule has 2 heterocycles. The van der Waals surface area contributed by atoms with Crippen molar-refractivity contribution >= 4 is 0 Å². The van der Waals surface area contributed by atoms with Crippen molar-refractivity contribution in [2.75, 3.05) is 32.8 Å². The van der Waals surface area contributed by atoms with Crippen LogP contribution in [0.1, 0.15) is 26.2 Å². The van der Waals surface area contributed by atoms with E-state index < -0.39 is 0 Å². The number of hydrogen-bond acceptors (Lipinski definition) is 2. The molecule has 2 nitrogen and oxygen atoms in total. The van der Waals surface area contributed by atoms with Crippen molar-refractivity contribution in [3.05, 3.63) is 0 Å². The number of nitrogens with zero attached hydrogens (tertiary/aromatic N) is 1. The van der Waals surface area contributed by atoms with Gasteiger partial charge in [0.15, 0.2) is 0 Å². The highest BCUT2D eigenvalue weighted by molar-refractivity contribution is 4.95. The maximum Gasteiger partial charge on any atom is 0.0547 e. The second-order valence-electron chi connectivity index (χ2n) is 4.37. The third kappa shape index (κ3) is 1.50. The third-order valence-corrected chi connectivity index (χ3v) is 3.06. The Hall–Kier alpha value is -0.0800. The molecule has 70 valence electrons.